The lowest BCUT2D eigenvalue weighted by molar-refractivity contribution is -0.143. The van der Waals surface area contributed by atoms with Gasteiger partial charge >= 0.3 is 11.9 Å². The highest BCUT2D eigenvalue weighted by Crippen LogP contribution is 2.12. The fourth-order valence-electron chi connectivity index (χ4n) is 3.29. The van der Waals surface area contributed by atoms with Crippen LogP contribution in [0.4, 0.5) is 0 Å². The van der Waals surface area contributed by atoms with Gasteiger partial charge in [0.2, 0.25) is 17.7 Å². The first kappa shape index (κ1) is 28.8. The van der Waals surface area contributed by atoms with Crippen LogP contribution in [0.2, 0.25) is 0 Å². The number of amides is 3. The molecule has 37 heavy (non-hydrogen) atoms. The van der Waals surface area contributed by atoms with Crippen molar-refractivity contribution in [3.05, 3.63) is 48.0 Å². The lowest BCUT2D eigenvalue weighted by Crippen LogP contribution is -2.56. The van der Waals surface area contributed by atoms with Crippen LogP contribution in [-0.4, -0.2) is 79.1 Å². The zero-order chi connectivity index (χ0) is 27.5. The number of hydrogen-bond donors (Lipinski definition) is 8. The predicted octanol–water partition coefficient (Wildman–Crippen LogP) is -1.35. The van der Waals surface area contributed by atoms with Gasteiger partial charge < -0.3 is 42.0 Å². The zero-order valence-electron chi connectivity index (χ0n) is 20.0. The number of carboxylic acids is 2. The van der Waals surface area contributed by atoms with Crippen molar-refractivity contribution in [2.24, 2.45) is 5.73 Å². The molecule has 0 saturated heterocycles. The van der Waals surface area contributed by atoms with Crippen molar-refractivity contribution in [1.29, 1.82) is 0 Å². The standard InChI is InChI=1S/C23H30N6O8/c1-12(27-21(34)16(24)9-14-10-25-11-26-14)20(33)28-17(6-7-19(31)32)22(35)29-18(23(36)37)8-13-2-4-15(30)5-3-13/h2-5,10-12,16-18,30H,6-9,24H2,1H3,(H,25,26)(H,27,34)(H,28,33)(H,29,35)(H,31,32)(H,36,37). The molecule has 1 aromatic carbocycles. The van der Waals surface area contributed by atoms with Gasteiger partial charge in [0.05, 0.1) is 12.4 Å². The van der Waals surface area contributed by atoms with Gasteiger partial charge in [-0.1, -0.05) is 12.1 Å². The van der Waals surface area contributed by atoms with Gasteiger partial charge in [-0.2, -0.15) is 0 Å². The first-order valence-electron chi connectivity index (χ1n) is 11.3. The maximum Gasteiger partial charge on any atom is 0.326 e. The second kappa shape index (κ2) is 13.6. The highest BCUT2D eigenvalue weighted by molar-refractivity contribution is 5.94. The predicted molar refractivity (Wildman–Crippen MR) is 128 cm³/mol. The summed E-state index contributed by atoms with van der Waals surface area (Å²) in [5.74, 6) is -4.93. The highest BCUT2D eigenvalue weighted by Gasteiger charge is 2.29. The monoisotopic (exact) mass is 518 g/mol. The van der Waals surface area contributed by atoms with E-state index in [0.29, 0.717) is 11.3 Å². The molecule has 1 heterocycles. The van der Waals surface area contributed by atoms with E-state index >= 15 is 0 Å². The SMILES string of the molecule is CC(NC(=O)C(N)Cc1cnc[nH]1)C(=O)NC(CCC(=O)O)C(=O)NC(Cc1ccc(O)cc1)C(=O)O. The number of benzene rings is 1. The molecule has 2 aromatic rings. The lowest BCUT2D eigenvalue weighted by atomic mass is 10.0. The van der Waals surface area contributed by atoms with Crippen molar-refractivity contribution in [3.8, 4) is 5.75 Å². The van der Waals surface area contributed by atoms with Gasteiger partial charge in [-0.25, -0.2) is 9.78 Å². The van der Waals surface area contributed by atoms with E-state index in [-0.39, 0.29) is 25.0 Å². The molecule has 4 unspecified atom stereocenters. The molecular formula is C23H30N6O8. The van der Waals surface area contributed by atoms with Crippen molar-refractivity contribution in [2.75, 3.05) is 0 Å². The molecule has 0 spiro atoms. The molecule has 0 saturated carbocycles. The number of aromatic nitrogens is 2. The molecule has 14 heteroatoms. The average Bonchev–Trinajstić information content (AvgIpc) is 3.35. The van der Waals surface area contributed by atoms with E-state index in [0.717, 1.165) is 0 Å². The Labute approximate surface area is 211 Å². The number of hydrogen-bond acceptors (Lipinski definition) is 8. The van der Waals surface area contributed by atoms with E-state index in [1.165, 1.54) is 43.7 Å². The van der Waals surface area contributed by atoms with Gasteiger partial charge in [-0.05, 0) is 31.0 Å². The Morgan fingerprint density at radius 3 is 2.16 bits per heavy atom. The van der Waals surface area contributed by atoms with E-state index in [9.17, 15) is 34.2 Å². The molecular weight excluding hydrogens is 488 g/mol. The summed E-state index contributed by atoms with van der Waals surface area (Å²) in [7, 11) is 0. The lowest BCUT2D eigenvalue weighted by Gasteiger charge is -2.23. The molecule has 14 nitrogen and oxygen atoms in total. The third-order valence-electron chi connectivity index (χ3n) is 5.35. The van der Waals surface area contributed by atoms with Crippen molar-refractivity contribution in [1.82, 2.24) is 25.9 Å². The number of carbonyl (C=O) groups is 5. The Bertz CT molecular complexity index is 1090. The Morgan fingerprint density at radius 1 is 0.946 bits per heavy atom. The first-order valence-corrected chi connectivity index (χ1v) is 11.3. The molecule has 0 aliphatic heterocycles. The van der Waals surface area contributed by atoms with Crippen LogP contribution in [0.3, 0.4) is 0 Å². The maximum absolute atomic E-state index is 12.8. The largest absolute Gasteiger partial charge is 0.508 e. The van der Waals surface area contributed by atoms with Crippen LogP contribution in [0.25, 0.3) is 0 Å². The molecule has 4 atom stereocenters. The van der Waals surface area contributed by atoms with E-state index in [2.05, 4.69) is 25.9 Å². The normalized spacial score (nSPS) is 14.0. The second-order valence-electron chi connectivity index (χ2n) is 8.38. The number of H-pyrrole nitrogens is 1. The summed E-state index contributed by atoms with van der Waals surface area (Å²) in [6.07, 6.45) is 2.14. The van der Waals surface area contributed by atoms with E-state index in [1.54, 1.807) is 0 Å². The molecule has 200 valence electrons. The van der Waals surface area contributed by atoms with E-state index in [4.69, 9.17) is 10.8 Å². The minimum atomic E-state index is -1.39. The van der Waals surface area contributed by atoms with Crippen LogP contribution < -0.4 is 21.7 Å². The first-order chi connectivity index (χ1) is 17.5. The molecule has 0 bridgehead atoms. The van der Waals surface area contributed by atoms with Gasteiger partial charge in [0, 0.05) is 31.2 Å². The summed E-state index contributed by atoms with van der Waals surface area (Å²) in [6, 6.07) is 0.809. The Kier molecular flexibility index (Phi) is 10.6. The smallest absolute Gasteiger partial charge is 0.326 e. The number of nitrogens with zero attached hydrogens (tertiary/aromatic N) is 1. The maximum atomic E-state index is 12.8. The molecule has 0 radical (unpaired) electrons. The van der Waals surface area contributed by atoms with Gasteiger partial charge in [-0.15, -0.1) is 0 Å². The summed E-state index contributed by atoms with van der Waals surface area (Å²) >= 11 is 0. The number of nitrogens with one attached hydrogen (secondary N) is 4. The summed E-state index contributed by atoms with van der Waals surface area (Å²) < 4.78 is 0. The number of nitrogens with two attached hydrogens (primary N) is 1. The van der Waals surface area contributed by atoms with Gasteiger partial charge in [-0.3, -0.25) is 19.2 Å². The number of carboxylic acid groups (broad SMARTS) is 2. The molecule has 3 amide bonds. The minimum absolute atomic E-state index is 0.0143. The van der Waals surface area contributed by atoms with Crippen LogP contribution in [0, 0.1) is 0 Å². The van der Waals surface area contributed by atoms with Crippen LogP contribution >= 0.6 is 0 Å². The number of phenolic OH excluding ortho intramolecular Hbond substituents is 1. The quantitative estimate of drug-likeness (QED) is 0.146. The number of phenols is 1. The van der Waals surface area contributed by atoms with Crippen molar-refractivity contribution < 1.29 is 39.3 Å². The number of aromatic amines is 1. The van der Waals surface area contributed by atoms with Crippen molar-refractivity contribution in [2.45, 2.75) is 56.8 Å². The molecule has 0 aliphatic carbocycles. The third-order valence-corrected chi connectivity index (χ3v) is 5.35. The highest BCUT2D eigenvalue weighted by atomic mass is 16.4. The molecule has 2 rings (SSSR count). The number of rotatable bonds is 14. The number of imidazole rings is 1. The van der Waals surface area contributed by atoms with Gasteiger partial charge in [0.25, 0.3) is 0 Å². The Morgan fingerprint density at radius 2 is 1.59 bits per heavy atom. The van der Waals surface area contributed by atoms with Crippen LogP contribution in [0.1, 0.15) is 31.0 Å². The van der Waals surface area contributed by atoms with Crippen molar-refractivity contribution in [3.63, 3.8) is 0 Å². The van der Waals surface area contributed by atoms with Crippen LogP contribution in [0.15, 0.2) is 36.8 Å². The third kappa shape index (κ3) is 9.60. The number of aliphatic carboxylic acids is 2. The summed E-state index contributed by atoms with van der Waals surface area (Å²) in [6.45, 7) is 1.35. The summed E-state index contributed by atoms with van der Waals surface area (Å²) in [4.78, 5) is 67.3. The topological polar surface area (TPSA) is 237 Å². The fraction of sp³-hybridized carbons (Fsp3) is 0.391. The summed E-state index contributed by atoms with van der Waals surface area (Å²) in [5.41, 5.74) is 6.98. The van der Waals surface area contributed by atoms with Gasteiger partial charge in [0.1, 0.15) is 23.9 Å². The minimum Gasteiger partial charge on any atom is -0.508 e. The molecule has 0 aliphatic rings. The second-order valence-corrected chi connectivity index (χ2v) is 8.38. The average molecular weight is 519 g/mol. The summed E-state index contributed by atoms with van der Waals surface area (Å²) in [5, 5.41) is 35.0. The van der Waals surface area contributed by atoms with E-state index < -0.39 is 60.2 Å². The van der Waals surface area contributed by atoms with Crippen LogP contribution in [0.5, 0.6) is 5.75 Å². The Hall–Kier alpha value is -4.46. The number of aromatic hydroxyl groups is 1. The van der Waals surface area contributed by atoms with Crippen molar-refractivity contribution >= 4 is 29.7 Å². The molecule has 0 fully saturated rings. The Balaban J connectivity index is 2.02. The number of carbonyl (C=O) groups excluding carboxylic acids is 3. The van der Waals surface area contributed by atoms with Crippen LogP contribution in [-0.2, 0) is 36.8 Å². The van der Waals surface area contributed by atoms with Gasteiger partial charge in [0.15, 0.2) is 0 Å². The fourth-order valence-corrected chi connectivity index (χ4v) is 3.29. The zero-order valence-corrected chi connectivity index (χ0v) is 20.0. The molecule has 9 N–H and O–H groups in total. The molecule has 1 aromatic heterocycles. The van der Waals surface area contributed by atoms with E-state index in [1.807, 2.05) is 0 Å².